The van der Waals surface area contributed by atoms with Crippen molar-refractivity contribution in [1.29, 1.82) is 0 Å². The minimum absolute atomic E-state index is 0. The summed E-state index contributed by atoms with van der Waals surface area (Å²) in [5.41, 5.74) is 19.2. The molecule has 3 heteroatoms. The van der Waals surface area contributed by atoms with Crippen molar-refractivity contribution in [3.8, 4) is 11.1 Å². The Bertz CT molecular complexity index is 2110. The summed E-state index contributed by atoms with van der Waals surface area (Å²) in [6, 6.07) is 33.0. The molecule has 0 nitrogen and oxygen atoms in total. The second-order valence-electron chi connectivity index (χ2n) is 16.1. The fraction of sp³-hybridized carbons (Fsp3) is 0.298. The maximum atomic E-state index is 2.73. The summed E-state index contributed by atoms with van der Waals surface area (Å²) in [6.45, 7) is 19.4. The first kappa shape index (κ1) is 36.9. The van der Waals surface area contributed by atoms with Crippen molar-refractivity contribution in [3.63, 3.8) is 0 Å². The van der Waals surface area contributed by atoms with Gasteiger partial charge < -0.3 is 24.8 Å². The SMILES string of the molecule is CC1=CC(C)[C]([Zr+2](=[C](c2ccccc2)c2ccccc2)[CH]2C=C(C)c3cc4c(cc3C2(C)C)Cc2cc3c(cc2-4)C(C)=CCC3(C)C)=C1.[Cl-].[Cl-]. The third kappa shape index (κ3) is 6.00. The number of hydrogen-bond donors (Lipinski definition) is 0. The molecule has 0 bridgehead atoms. The van der Waals surface area contributed by atoms with E-state index in [1.54, 1.807) is 12.1 Å². The van der Waals surface area contributed by atoms with Gasteiger partial charge in [0.1, 0.15) is 0 Å². The van der Waals surface area contributed by atoms with E-state index in [1.165, 1.54) is 66.8 Å². The molecule has 50 heavy (non-hydrogen) atoms. The van der Waals surface area contributed by atoms with Crippen LogP contribution in [0.15, 0.2) is 118 Å². The predicted octanol–water partition coefficient (Wildman–Crippen LogP) is 6.20. The molecule has 0 saturated heterocycles. The van der Waals surface area contributed by atoms with E-state index in [0.717, 1.165) is 12.8 Å². The Morgan fingerprint density at radius 3 is 1.74 bits per heavy atom. The molecule has 2 atom stereocenters. The Morgan fingerprint density at radius 2 is 1.20 bits per heavy atom. The first-order valence-electron chi connectivity index (χ1n) is 17.9. The maximum absolute atomic E-state index is 2.73. The normalized spacial score (nSPS) is 20.1. The second kappa shape index (κ2) is 13.6. The van der Waals surface area contributed by atoms with E-state index < -0.39 is 21.3 Å². The molecule has 4 aromatic carbocycles. The van der Waals surface area contributed by atoms with Gasteiger partial charge in [0, 0.05) is 0 Å². The Morgan fingerprint density at radius 1 is 0.660 bits per heavy atom. The number of hydrogen-bond acceptors (Lipinski definition) is 0. The molecule has 0 saturated carbocycles. The van der Waals surface area contributed by atoms with Gasteiger partial charge in [-0.15, -0.1) is 0 Å². The van der Waals surface area contributed by atoms with Gasteiger partial charge in [0.05, 0.1) is 0 Å². The second-order valence-corrected chi connectivity index (χ2v) is 22.3. The van der Waals surface area contributed by atoms with Crippen LogP contribution in [-0.4, -0.2) is 3.21 Å². The molecular formula is C47H48Cl2Zr. The van der Waals surface area contributed by atoms with E-state index >= 15 is 0 Å². The molecule has 4 aliphatic carbocycles. The summed E-state index contributed by atoms with van der Waals surface area (Å²) in [5, 5.41) is 0. The van der Waals surface area contributed by atoms with Gasteiger partial charge >= 0.3 is 298 Å². The van der Waals surface area contributed by atoms with Gasteiger partial charge in [-0.05, 0) is 0 Å². The van der Waals surface area contributed by atoms with E-state index in [9.17, 15) is 0 Å². The quantitative estimate of drug-likeness (QED) is 0.204. The first-order chi connectivity index (χ1) is 22.9. The van der Waals surface area contributed by atoms with Crippen molar-refractivity contribution in [2.75, 3.05) is 0 Å². The van der Waals surface area contributed by atoms with Crippen LogP contribution in [0, 0.1) is 5.92 Å². The van der Waals surface area contributed by atoms with Gasteiger partial charge in [0.2, 0.25) is 0 Å². The van der Waals surface area contributed by atoms with Crippen LogP contribution in [0.25, 0.3) is 22.3 Å². The third-order valence-corrected chi connectivity index (χ3v) is 21.4. The first-order valence-corrected chi connectivity index (χ1v) is 21.8. The Labute approximate surface area is 320 Å². The summed E-state index contributed by atoms with van der Waals surface area (Å²) < 4.78 is 3.85. The summed E-state index contributed by atoms with van der Waals surface area (Å²) in [4.78, 5) is 0. The average Bonchev–Trinajstić information content (AvgIpc) is 3.60. The van der Waals surface area contributed by atoms with E-state index in [1.807, 2.05) is 0 Å². The topological polar surface area (TPSA) is 0 Å². The number of halogens is 2. The van der Waals surface area contributed by atoms with Crippen LogP contribution >= 0.6 is 0 Å². The number of rotatable bonds is 4. The summed E-state index contributed by atoms with van der Waals surface area (Å²) in [5.74, 6) is 0.482. The van der Waals surface area contributed by atoms with Gasteiger partial charge in [0.15, 0.2) is 0 Å². The van der Waals surface area contributed by atoms with E-state index in [-0.39, 0.29) is 35.6 Å². The van der Waals surface area contributed by atoms with Crippen LogP contribution in [-0.2, 0) is 38.5 Å². The summed E-state index contributed by atoms with van der Waals surface area (Å²) in [7, 11) is 0. The van der Waals surface area contributed by atoms with Crippen molar-refractivity contribution in [2.45, 2.75) is 82.7 Å². The molecular weight excluding hydrogens is 727 g/mol. The zero-order valence-corrected chi connectivity index (χ0v) is 34.7. The Kier molecular flexibility index (Phi) is 10.1. The van der Waals surface area contributed by atoms with Crippen molar-refractivity contribution >= 4 is 14.4 Å². The van der Waals surface area contributed by atoms with Crippen molar-refractivity contribution in [1.82, 2.24) is 0 Å². The zero-order valence-electron chi connectivity index (χ0n) is 30.7. The van der Waals surface area contributed by atoms with Gasteiger partial charge in [-0.1, -0.05) is 0 Å². The molecule has 0 heterocycles. The number of allylic oxidation sites excluding steroid dienone is 8. The minimum atomic E-state index is -2.69. The molecule has 0 N–H and O–H groups in total. The molecule has 0 fully saturated rings. The number of benzene rings is 4. The molecule has 4 aromatic rings. The fourth-order valence-electron chi connectivity index (χ4n) is 9.22. The van der Waals surface area contributed by atoms with Crippen LogP contribution < -0.4 is 24.8 Å². The van der Waals surface area contributed by atoms with E-state index in [4.69, 9.17) is 0 Å². The van der Waals surface area contributed by atoms with Gasteiger partial charge in [-0.3, -0.25) is 0 Å². The van der Waals surface area contributed by atoms with Gasteiger partial charge in [0.25, 0.3) is 0 Å². The van der Waals surface area contributed by atoms with Crippen LogP contribution in [0.1, 0.15) is 106 Å². The average molecular weight is 775 g/mol. The summed E-state index contributed by atoms with van der Waals surface area (Å²) in [6.07, 6.45) is 12.4. The molecule has 2 unspecified atom stereocenters. The van der Waals surface area contributed by atoms with E-state index in [2.05, 4.69) is 165 Å². The van der Waals surface area contributed by atoms with Crippen molar-refractivity contribution in [3.05, 3.63) is 163 Å². The molecule has 0 aromatic heterocycles. The largest absolute Gasteiger partial charge is 1.00 e. The van der Waals surface area contributed by atoms with Crippen molar-refractivity contribution in [2.24, 2.45) is 5.92 Å². The summed E-state index contributed by atoms with van der Waals surface area (Å²) >= 11 is -2.69. The zero-order chi connectivity index (χ0) is 33.5. The van der Waals surface area contributed by atoms with Gasteiger partial charge in [-0.25, -0.2) is 0 Å². The Balaban J connectivity index is 0.00000216. The molecule has 4 aliphatic rings. The third-order valence-electron chi connectivity index (χ3n) is 11.9. The molecule has 8 rings (SSSR count). The minimum Gasteiger partial charge on any atom is -1.00 e. The predicted molar refractivity (Wildman–Crippen MR) is 204 cm³/mol. The van der Waals surface area contributed by atoms with Crippen LogP contribution in [0.5, 0.6) is 0 Å². The van der Waals surface area contributed by atoms with Gasteiger partial charge in [-0.2, -0.15) is 0 Å². The molecule has 254 valence electrons. The number of fused-ring (bicyclic) bond motifs is 5. The molecule has 0 aliphatic heterocycles. The monoisotopic (exact) mass is 772 g/mol. The van der Waals surface area contributed by atoms with Crippen molar-refractivity contribution < 1.29 is 46.1 Å². The Hall–Kier alpha value is -2.83. The smallest absolute Gasteiger partial charge is 1.00 e. The standard InChI is InChI=1S/C27H29.C13H10.C7H9.2ClH.Zr/c1-16-7-9-26(3,4)24-12-18-11-19-13-25-21(17(2)8-10-27(25,5)6)15-23(19)22(18)14-20(16)24;1-3-7-12(8-4-1)11-13-9-5-2-6-10-13;1-6-3-4-7(2)5-6;;;/h7-9,12-15H,10-11H2,1-6H3;1-10H;3,5,7H,1-2H3;2*1H;/q;;;;;+2/p-2. The van der Waals surface area contributed by atoms with Crippen LogP contribution in [0.4, 0.5) is 0 Å². The van der Waals surface area contributed by atoms with E-state index in [0.29, 0.717) is 9.54 Å². The van der Waals surface area contributed by atoms with Crippen LogP contribution in [0.3, 0.4) is 0 Å². The maximum Gasteiger partial charge on any atom is -1.00 e. The molecule has 0 spiro atoms. The molecule has 0 amide bonds. The molecule has 0 radical (unpaired) electrons. The van der Waals surface area contributed by atoms with Crippen LogP contribution in [0.2, 0.25) is 3.63 Å². The fourth-order valence-corrected chi connectivity index (χ4v) is 19.5.